The summed E-state index contributed by atoms with van der Waals surface area (Å²) in [5.41, 5.74) is 0. The van der Waals surface area contributed by atoms with Crippen molar-refractivity contribution in [3.63, 3.8) is 0 Å². The second kappa shape index (κ2) is 4.65. The van der Waals surface area contributed by atoms with Gasteiger partial charge in [0, 0.05) is 0 Å². The average Bonchev–Trinajstić information content (AvgIpc) is 2.17. The van der Waals surface area contributed by atoms with Gasteiger partial charge in [-0.2, -0.15) is 0 Å². The molecule has 0 spiro atoms. The van der Waals surface area contributed by atoms with E-state index in [0.717, 1.165) is 0 Å². The highest BCUT2D eigenvalue weighted by Gasteiger charge is 2.25. The van der Waals surface area contributed by atoms with E-state index < -0.39 is 0 Å². The SMILES string of the molecule is CC(C(=O)O[SiH3])C1CCCCC1. The maximum Gasteiger partial charge on any atom is 0.294 e. The molecule has 1 rings (SSSR count). The highest BCUT2D eigenvalue weighted by atomic mass is 28.2. The lowest BCUT2D eigenvalue weighted by Gasteiger charge is -2.25. The molecule has 0 radical (unpaired) electrons. The normalized spacial score (nSPS) is 22.1. The third-order valence-corrected chi connectivity index (χ3v) is 3.33. The van der Waals surface area contributed by atoms with Gasteiger partial charge >= 0.3 is 0 Å². The van der Waals surface area contributed by atoms with Gasteiger partial charge in [-0.1, -0.05) is 26.2 Å². The molecule has 1 fully saturated rings. The molecule has 2 nitrogen and oxygen atoms in total. The zero-order valence-electron chi connectivity index (χ0n) is 8.01. The molecule has 1 aliphatic carbocycles. The molecule has 0 amide bonds. The second-order valence-electron chi connectivity index (χ2n) is 3.71. The Hall–Kier alpha value is -0.313. The minimum atomic E-state index is 0.0218. The van der Waals surface area contributed by atoms with Gasteiger partial charge in [-0.3, -0.25) is 4.79 Å². The fourth-order valence-corrected chi connectivity index (χ4v) is 2.38. The van der Waals surface area contributed by atoms with Crippen LogP contribution in [0.5, 0.6) is 0 Å². The molecule has 0 aliphatic heterocycles. The molecule has 0 aromatic rings. The van der Waals surface area contributed by atoms with Gasteiger partial charge < -0.3 is 4.43 Å². The van der Waals surface area contributed by atoms with Gasteiger partial charge in [0.05, 0.1) is 5.92 Å². The highest BCUT2D eigenvalue weighted by Crippen LogP contribution is 2.30. The van der Waals surface area contributed by atoms with Crippen molar-refractivity contribution < 1.29 is 9.22 Å². The molecule has 1 unspecified atom stereocenters. The number of carbonyl (C=O) groups excluding carboxylic acids is 1. The van der Waals surface area contributed by atoms with Crippen LogP contribution in [0.1, 0.15) is 39.0 Å². The third-order valence-electron chi connectivity index (χ3n) is 2.93. The van der Waals surface area contributed by atoms with Crippen LogP contribution in [0.15, 0.2) is 0 Å². The van der Waals surface area contributed by atoms with Crippen LogP contribution >= 0.6 is 0 Å². The quantitative estimate of drug-likeness (QED) is 0.602. The summed E-state index contributed by atoms with van der Waals surface area (Å²) in [4.78, 5) is 11.2. The summed E-state index contributed by atoms with van der Waals surface area (Å²) < 4.78 is 4.87. The van der Waals surface area contributed by atoms with Crippen LogP contribution in [0.4, 0.5) is 0 Å². The molecule has 0 saturated heterocycles. The Morgan fingerprint density at radius 3 is 2.50 bits per heavy atom. The summed E-state index contributed by atoms with van der Waals surface area (Å²) in [5.74, 6) is 0.761. The van der Waals surface area contributed by atoms with E-state index >= 15 is 0 Å². The van der Waals surface area contributed by atoms with Crippen molar-refractivity contribution in [2.75, 3.05) is 0 Å². The van der Waals surface area contributed by atoms with Gasteiger partial charge in [0.25, 0.3) is 5.97 Å². The van der Waals surface area contributed by atoms with Crippen molar-refractivity contribution in [2.45, 2.75) is 39.0 Å². The largest absolute Gasteiger partial charge is 0.529 e. The Labute approximate surface area is 77.2 Å². The van der Waals surface area contributed by atoms with E-state index in [0.29, 0.717) is 16.4 Å². The van der Waals surface area contributed by atoms with Crippen LogP contribution < -0.4 is 0 Å². The van der Waals surface area contributed by atoms with Gasteiger partial charge in [-0.25, -0.2) is 0 Å². The minimum Gasteiger partial charge on any atom is -0.529 e. The van der Waals surface area contributed by atoms with E-state index in [9.17, 15) is 4.79 Å². The number of rotatable bonds is 2. The van der Waals surface area contributed by atoms with E-state index in [-0.39, 0.29) is 11.9 Å². The monoisotopic (exact) mass is 186 g/mol. The van der Waals surface area contributed by atoms with E-state index in [1.54, 1.807) is 0 Å². The molecule has 3 heteroatoms. The van der Waals surface area contributed by atoms with Gasteiger partial charge in [-0.15, -0.1) is 0 Å². The Bertz CT molecular complexity index is 153. The molecule has 0 bridgehead atoms. The molecule has 1 aliphatic rings. The number of carbonyl (C=O) groups is 1. The summed E-state index contributed by atoms with van der Waals surface area (Å²) in [7, 11) is 0.542. The Morgan fingerprint density at radius 2 is 2.00 bits per heavy atom. The standard InChI is InChI=1S/C9H18O2Si/c1-7(9(10)11-12)8-5-3-2-4-6-8/h7-8H,2-6H2,1,12H3. The number of hydrogen-bond acceptors (Lipinski definition) is 2. The molecule has 1 atom stereocenters. The van der Waals surface area contributed by atoms with E-state index in [1.165, 1.54) is 32.1 Å². The lowest BCUT2D eigenvalue weighted by molar-refractivity contribution is -0.140. The van der Waals surface area contributed by atoms with Crippen LogP contribution in [0, 0.1) is 11.8 Å². The predicted octanol–water partition coefficient (Wildman–Crippen LogP) is 1.03. The first-order chi connectivity index (χ1) is 5.75. The predicted molar refractivity (Wildman–Crippen MR) is 51.8 cm³/mol. The van der Waals surface area contributed by atoms with Crippen molar-refractivity contribution >= 4 is 16.5 Å². The second-order valence-corrected chi connectivity index (χ2v) is 4.12. The smallest absolute Gasteiger partial charge is 0.294 e. The van der Waals surface area contributed by atoms with Gasteiger partial charge in [0.2, 0.25) is 10.5 Å². The van der Waals surface area contributed by atoms with Gasteiger partial charge in [-0.05, 0) is 18.8 Å². The maximum atomic E-state index is 11.2. The zero-order chi connectivity index (χ0) is 8.97. The first-order valence-corrected chi connectivity index (χ1v) is 5.65. The Morgan fingerprint density at radius 1 is 1.42 bits per heavy atom. The maximum absolute atomic E-state index is 11.2. The summed E-state index contributed by atoms with van der Waals surface area (Å²) in [6.45, 7) is 2.01. The zero-order valence-corrected chi connectivity index (χ0v) is 10.0. The molecule has 70 valence electrons. The molecule has 12 heavy (non-hydrogen) atoms. The first-order valence-electron chi connectivity index (χ1n) is 4.83. The van der Waals surface area contributed by atoms with Crippen LogP contribution in [0.3, 0.4) is 0 Å². The van der Waals surface area contributed by atoms with Crippen molar-refractivity contribution in [2.24, 2.45) is 11.8 Å². The van der Waals surface area contributed by atoms with Crippen molar-refractivity contribution in [3.05, 3.63) is 0 Å². The topological polar surface area (TPSA) is 26.3 Å². The van der Waals surface area contributed by atoms with E-state index in [4.69, 9.17) is 4.43 Å². The van der Waals surface area contributed by atoms with E-state index in [2.05, 4.69) is 0 Å². The average molecular weight is 186 g/mol. The molecule has 0 aromatic carbocycles. The third kappa shape index (κ3) is 2.34. The first kappa shape index (κ1) is 9.77. The lowest BCUT2D eigenvalue weighted by atomic mass is 9.81. The van der Waals surface area contributed by atoms with Crippen LogP contribution in [-0.2, 0) is 9.22 Å². The fraction of sp³-hybridized carbons (Fsp3) is 0.889. The molecular formula is C9H18O2Si. The van der Waals surface area contributed by atoms with Crippen molar-refractivity contribution in [1.82, 2.24) is 0 Å². The fourth-order valence-electron chi connectivity index (χ4n) is 2.01. The van der Waals surface area contributed by atoms with Crippen LogP contribution in [0.25, 0.3) is 0 Å². The summed E-state index contributed by atoms with van der Waals surface area (Å²) in [6, 6.07) is 0. The van der Waals surface area contributed by atoms with Crippen LogP contribution in [-0.4, -0.2) is 16.5 Å². The van der Waals surface area contributed by atoms with Crippen molar-refractivity contribution in [1.29, 1.82) is 0 Å². The minimum absolute atomic E-state index is 0.0218. The molecule has 1 saturated carbocycles. The summed E-state index contributed by atoms with van der Waals surface area (Å²) in [5, 5.41) is 0. The molecule has 0 aromatic heterocycles. The summed E-state index contributed by atoms with van der Waals surface area (Å²) in [6.07, 6.45) is 6.38. The van der Waals surface area contributed by atoms with Gasteiger partial charge in [0.15, 0.2) is 0 Å². The van der Waals surface area contributed by atoms with Crippen molar-refractivity contribution in [3.8, 4) is 0 Å². The lowest BCUT2D eigenvalue weighted by Crippen LogP contribution is -2.24. The Kier molecular flexibility index (Phi) is 3.79. The molecular weight excluding hydrogens is 168 g/mol. The summed E-state index contributed by atoms with van der Waals surface area (Å²) >= 11 is 0. The molecule has 0 N–H and O–H groups in total. The van der Waals surface area contributed by atoms with Gasteiger partial charge in [0.1, 0.15) is 0 Å². The Balaban J connectivity index is 2.39. The van der Waals surface area contributed by atoms with E-state index in [1.807, 2.05) is 6.92 Å². The highest BCUT2D eigenvalue weighted by molar-refractivity contribution is 6.05. The van der Waals surface area contributed by atoms with Crippen LogP contribution in [0.2, 0.25) is 0 Å². The molecule has 0 heterocycles. The number of hydrogen-bond donors (Lipinski definition) is 0.